The van der Waals surface area contributed by atoms with Gasteiger partial charge in [-0.05, 0) is 28.1 Å². The molecule has 0 aliphatic carbocycles. The van der Waals surface area contributed by atoms with E-state index in [1.54, 1.807) is 18.2 Å². The van der Waals surface area contributed by atoms with Crippen LogP contribution in [-0.2, 0) is 0 Å². The molecule has 18 heavy (non-hydrogen) atoms. The van der Waals surface area contributed by atoms with Gasteiger partial charge in [-0.15, -0.1) is 0 Å². The lowest BCUT2D eigenvalue weighted by Crippen LogP contribution is -2.21. The number of ether oxygens (including phenoxy) is 1. The van der Waals surface area contributed by atoms with Crippen molar-refractivity contribution in [3.05, 3.63) is 21.6 Å². The third-order valence-electron chi connectivity index (χ3n) is 1.86. The van der Waals surface area contributed by atoms with Gasteiger partial charge in [-0.1, -0.05) is 11.6 Å². The van der Waals surface area contributed by atoms with E-state index in [1.165, 1.54) is 7.11 Å². The Morgan fingerprint density at radius 1 is 1.67 bits per heavy atom. The van der Waals surface area contributed by atoms with Crippen molar-refractivity contribution in [2.75, 3.05) is 12.5 Å². The molecule has 0 heterocycles. The zero-order chi connectivity index (χ0) is 13.7. The quantitative estimate of drug-likeness (QED) is 0.447. The monoisotopic (exact) mass is 329 g/mol. The summed E-state index contributed by atoms with van der Waals surface area (Å²) in [4.78, 5) is 0. The van der Waals surface area contributed by atoms with E-state index in [9.17, 15) is 0 Å². The number of hydrazone groups is 1. The smallest absolute Gasteiger partial charge is 0.201 e. The normalized spacial score (nSPS) is 10.7. The van der Waals surface area contributed by atoms with Crippen LogP contribution in [0.25, 0.3) is 0 Å². The van der Waals surface area contributed by atoms with Gasteiger partial charge >= 0.3 is 0 Å². The minimum Gasteiger partial charge on any atom is -0.493 e. The van der Waals surface area contributed by atoms with E-state index < -0.39 is 5.84 Å². The summed E-state index contributed by atoms with van der Waals surface area (Å²) in [6.07, 6.45) is 0. The second-order valence-electron chi connectivity index (χ2n) is 3.07. The number of rotatable bonds is 4. The van der Waals surface area contributed by atoms with Crippen LogP contribution >= 0.6 is 27.5 Å². The number of anilines is 1. The first-order chi connectivity index (χ1) is 8.49. The molecule has 1 aromatic rings. The number of nitrogens with two attached hydrogens (primary N) is 1. The number of benzene rings is 1. The number of hydrogen-bond donors (Lipinski definition) is 3. The Morgan fingerprint density at radius 2 is 2.33 bits per heavy atom. The fourth-order valence-corrected chi connectivity index (χ4v) is 2.08. The average molecular weight is 331 g/mol. The third kappa shape index (κ3) is 3.35. The minimum absolute atomic E-state index is 0.229. The van der Waals surface area contributed by atoms with Crippen molar-refractivity contribution in [3.8, 4) is 11.8 Å². The maximum Gasteiger partial charge on any atom is 0.201 e. The molecule has 0 unspecified atom stereocenters. The van der Waals surface area contributed by atoms with E-state index in [-0.39, 0.29) is 5.71 Å². The predicted octanol–water partition coefficient (Wildman–Crippen LogP) is 2.34. The van der Waals surface area contributed by atoms with Gasteiger partial charge in [0.25, 0.3) is 0 Å². The summed E-state index contributed by atoms with van der Waals surface area (Å²) in [5, 5.41) is 20.0. The van der Waals surface area contributed by atoms with E-state index >= 15 is 0 Å². The van der Waals surface area contributed by atoms with E-state index in [1.807, 2.05) is 0 Å². The zero-order valence-electron chi connectivity index (χ0n) is 9.29. The van der Waals surface area contributed by atoms with Crippen molar-refractivity contribution in [1.82, 2.24) is 0 Å². The van der Waals surface area contributed by atoms with E-state index in [2.05, 4.69) is 26.5 Å². The standard InChI is InChI=1S/C10H9BrClN5O/c1-18-9-6(11)2-5(12)3-7(9)16-17-8(4-13)10(14)15/h2-3,16H,1H3,(H3,14,15)/b17-8+. The number of nitrogens with one attached hydrogen (secondary N) is 2. The average Bonchev–Trinajstić information content (AvgIpc) is 2.28. The highest BCUT2D eigenvalue weighted by atomic mass is 79.9. The van der Waals surface area contributed by atoms with E-state index in [4.69, 9.17) is 32.7 Å². The summed E-state index contributed by atoms with van der Waals surface area (Å²) in [5.41, 5.74) is 7.97. The molecular formula is C10H9BrClN5O. The van der Waals surface area contributed by atoms with Gasteiger partial charge in [-0.3, -0.25) is 10.8 Å². The van der Waals surface area contributed by atoms with Gasteiger partial charge in [0.2, 0.25) is 5.71 Å². The van der Waals surface area contributed by atoms with Crippen LogP contribution in [-0.4, -0.2) is 18.7 Å². The van der Waals surface area contributed by atoms with Gasteiger partial charge in [0.1, 0.15) is 11.8 Å². The lowest BCUT2D eigenvalue weighted by Gasteiger charge is -2.10. The molecule has 0 saturated carbocycles. The summed E-state index contributed by atoms with van der Waals surface area (Å²) in [6, 6.07) is 4.92. The molecule has 0 amide bonds. The molecule has 0 radical (unpaired) electrons. The first kappa shape index (κ1) is 14.3. The molecule has 0 aliphatic heterocycles. The van der Waals surface area contributed by atoms with Crippen LogP contribution in [0.5, 0.6) is 5.75 Å². The van der Waals surface area contributed by atoms with E-state index in [0.29, 0.717) is 20.9 Å². The van der Waals surface area contributed by atoms with Crippen LogP contribution in [0.3, 0.4) is 0 Å². The second kappa shape index (κ2) is 6.23. The molecule has 0 spiro atoms. The SMILES string of the molecule is COc1c(Br)cc(Cl)cc1N/N=C(\C#N)C(=N)N. The molecule has 94 valence electrons. The number of nitriles is 1. The van der Waals surface area contributed by atoms with Crippen molar-refractivity contribution < 1.29 is 4.74 Å². The molecule has 0 atom stereocenters. The first-order valence-corrected chi connectivity index (χ1v) is 5.78. The molecule has 6 nitrogen and oxygen atoms in total. The van der Waals surface area contributed by atoms with Gasteiger partial charge in [-0.2, -0.15) is 10.4 Å². The number of methoxy groups -OCH3 is 1. The summed E-state index contributed by atoms with van der Waals surface area (Å²) in [6.45, 7) is 0. The molecule has 4 N–H and O–H groups in total. The van der Waals surface area contributed by atoms with Gasteiger partial charge in [0.15, 0.2) is 11.6 Å². The number of nitrogens with zero attached hydrogens (tertiary/aromatic N) is 2. The molecule has 0 fully saturated rings. The Bertz CT molecular complexity index is 552. The topological polar surface area (TPSA) is 107 Å². The Balaban J connectivity index is 3.12. The Labute approximate surface area is 117 Å². The fraction of sp³-hybridized carbons (Fsp3) is 0.100. The third-order valence-corrected chi connectivity index (χ3v) is 2.67. The molecule has 1 aromatic carbocycles. The Kier molecular flexibility index (Phi) is 4.95. The van der Waals surface area contributed by atoms with Crippen LogP contribution in [0.15, 0.2) is 21.7 Å². The number of amidine groups is 1. The van der Waals surface area contributed by atoms with Gasteiger partial charge in [-0.25, -0.2) is 0 Å². The van der Waals surface area contributed by atoms with Crippen molar-refractivity contribution in [1.29, 1.82) is 10.7 Å². The molecule has 8 heteroatoms. The molecule has 0 aromatic heterocycles. The van der Waals surface area contributed by atoms with Crippen LogP contribution in [0.1, 0.15) is 0 Å². The molecular weight excluding hydrogens is 322 g/mol. The van der Waals surface area contributed by atoms with Crippen molar-refractivity contribution in [2.24, 2.45) is 10.8 Å². The van der Waals surface area contributed by atoms with Crippen LogP contribution in [0, 0.1) is 16.7 Å². The summed E-state index contributed by atoms with van der Waals surface area (Å²) in [7, 11) is 1.49. The van der Waals surface area contributed by atoms with Crippen LogP contribution in [0.2, 0.25) is 5.02 Å². The van der Waals surface area contributed by atoms with Crippen LogP contribution in [0.4, 0.5) is 5.69 Å². The summed E-state index contributed by atoms with van der Waals surface area (Å²) < 4.78 is 5.79. The molecule has 1 rings (SSSR count). The maximum atomic E-state index is 8.70. The number of hydrogen-bond acceptors (Lipinski definition) is 5. The predicted molar refractivity (Wildman–Crippen MR) is 74.3 cm³/mol. The Hall–Kier alpha value is -1.78. The van der Waals surface area contributed by atoms with Crippen molar-refractivity contribution >= 4 is 44.8 Å². The highest BCUT2D eigenvalue weighted by Crippen LogP contribution is 2.36. The first-order valence-electron chi connectivity index (χ1n) is 4.60. The largest absolute Gasteiger partial charge is 0.493 e. The highest BCUT2D eigenvalue weighted by molar-refractivity contribution is 9.10. The van der Waals surface area contributed by atoms with Crippen molar-refractivity contribution in [3.63, 3.8) is 0 Å². The minimum atomic E-state index is -0.426. The molecule has 0 saturated heterocycles. The highest BCUT2D eigenvalue weighted by Gasteiger charge is 2.09. The summed E-state index contributed by atoms with van der Waals surface area (Å²) >= 11 is 9.17. The lowest BCUT2D eigenvalue weighted by molar-refractivity contribution is 0.414. The number of halogens is 2. The lowest BCUT2D eigenvalue weighted by atomic mass is 10.3. The van der Waals surface area contributed by atoms with Gasteiger partial charge in [0, 0.05) is 5.02 Å². The zero-order valence-corrected chi connectivity index (χ0v) is 11.6. The van der Waals surface area contributed by atoms with Gasteiger partial charge < -0.3 is 10.5 Å². The molecule has 0 aliphatic rings. The molecule has 0 bridgehead atoms. The Morgan fingerprint density at radius 3 is 2.83 bits per heavy atom. The summed E-state index contributed by atoms with van der Waals surface area (Å²) in [5.74, 6) is 0.0500. The second-order valence-corrected chi connectivity index (χ2v) is 4.36. The fourth-order valence-electron chi connectivity index (χ4n) is 1.11. The van der Waals surface area contributed by atoms with Crippen molar-refractivity contribution in [2.45, 2.75) is 0 Å². The van der Waals surface area contributed by atoms with Gasteiger partial charge in [0.05, 0.1) is 11.6 Å². The van der Waals surface area contributed by atoms with E-state index in [0.717, 1.165) is 0 Å². The van der Waals surface area contributed by atoms with Crippen LogP contribution < -0.4 is 15.9 Å². The maximum absolute atomic E-state index is 8.70.